The lowest BCUT2D eigenvalue weighted by atomic mass is 10.00. The van der Waals surface area contributed by atoms with Gasteiger partial charge in [0.1, 0.15) is 17.1 Å². The van der Waals surface area contributed by atoms with E-state index >= 15 is 0 Å². The van der Waals surface area contributed by atoms with Crippen molar-refractivity contribution in [2.75, 3.05) is 24.6 Å². The Morgan fingerprint density at radius 2 is 1.97 bits per heavy atom. The van der Waals surface area contributed by atoms with E-state index in [2.05, 4.69) is 41.4 Å². The van der Waals surface area contributed by atoms with Crippen molar-refractivity contribution in [3.05, 3.63) is 66.2 Å². The first-order valence-corrected chi connectivity index (χ1v) is 11.3. The molecule has 1 amide bonds. The molecular weight excluding hydrogens is 386 g/mol. The number of ether oxygens (including phenoxy) is 1. The number of nitrogens with zero attached hydrogens (tertiary/aromatic N) is 2. The fraction of sp³-hybridized carbons (Fsp3) is 0.385. The van der Waals surface area contributed by atoms with Crippen LogP contribution < -0.4 is 15.0 Å². The van der Waals surface area contributed by atoms with Gasteiger partial charge in [0.05, 0.1) is 0 Å². The Kier molecular flexibility index (Phi) is 7.03. The average molecular weight is 418 g/mol. The van der Waals surface area contributed by atoms with Crippen LogP contribution in [0.4, 0.5) is 5.82 Å². The van der Waals surface area contributed by atoms with Crippen LogP contribution >= 0.6 is 0 Å². The Bertz CT molecular complexity index is 1010. The summed E-state index contributed by atoms with van der Waals surface area (Å²) in [4.78, 5) is 19.6. The molecule has 1 aliphatic rings. The lowest BCUT2D eigenvalue weighted by molar-refractivity contribution is -0.123. The van der Waals surface area contributed by atoms with Crippen LogP contribution in [0.2, 0.25) is 0 Å². The molecule has 1 N–H and O–H groups in total. The fourth-order valence-corrected chi connectivity index (χ4v) is 4.30. The third-order valence-corrected chi connectivity index (χ3v) is 6.00. The SMILES string of the molecule is CCC1CCCCN1c1ccc2cccc(OCC(=O)NCCc3ccccc3)c2n1. The minimum Gasteiger partial charge on any atom is -0.481 e. The van der Waals surface area contributed by atoms with Gasteiger partial charge in [0.15, 0.2) is 6.61 Å². The molecule has 5 heteroatoms. The van der Waals surface area contributed by atoms with Crippen molar-refractivity contribution in [1.82, 2.24) is 10.3 Å². The van der Waals surface area contributed by atoms with E-state index in [1.807, 2.05) is 36.4 Å². The maximum absolute atomic E-state index is 12.3. The third kappa shape index (κ3) is 5.35. The molecule has 0 radical (unpaired) electrons. The molecule has 0 bridgehead atoms. The number of anilines is 1. The quantitative estimate of drug-likeness (QED) is 0.575. The van der Waals surface area contributed by atoms with Gasteiger partial charge in [-0.05, 0) is 55.9 Å². The number of benzene rings is 2. The minimum absolute atomic E-state index is 0.0128. The molecule has 2 aromatic carbocycles. The highest BCUT2D eigenvalue weighted by atomic mass is 16.5. The summed E-state index contributed by atoms with van der Waals surface area (Å²) < 4.78 is 5.89. The van der Waals surface area contributed by atoms with Gasteiger partial charge >= 0.3 is 0 Å². The highest BCUT2D eigenvalue weighted by Gasteiger charge is 2.22. The Hall–Kier alpha value is -3.08. The molecule has 1 saturated heterocycles. The third-order valence-electron chi connectivity index (χ3n) is 6.00. The smallest absolute Gasteiger partial charge is 0.257 e. The summed E-state index contributed by atoms with van der Waals surface area (Å²) in [6.45, 7) is 3.87. The summed E-state index contributed by atoms with van der Waals surface area (Å²) in [5.41, 5.74) is 2.02. The van der Waals surface area contributed by atoms with Crippen LogP contribution in [0.3, 0.4) is 0 Å². The summed E-state index contributed by atoms with van der Waals surface area (Å²) in [6.07, 6.45) is 5.65. The maximum Gasteiger partial charge on any atom is 0.257 e. The van der Waals surface area contributed by atoms with E-state index in [1.54, 1.807) is 0 Å². The monoisotopic (exact) mass is 417 g/mol. The molecule has 1 fully saturated rings. The van der Waals surface area contributed by atoms with Gasteiger partial charge in [0.2, 0.25) is 0 Å². The number of carbonyl (C=O) groups excluding carboxylic acids is 1. The van der Waals surface area contributed by atoms with E-state index in [9.17, 15) is 4.79 Å². The zero-order valence-corrected chi connectivity index (χ0v) is 18.2. The number of rotatable bonds is 8. The van der Waals surface area contributed by atoms with E-state index < -0.39 is 0 Å². The van der Waals surface area contributed by atoms with Crippen molar-refractivity contribution in [3.8, 4) is 5.75 Å². The van der Waals surface area contributed by atoms with Crippen LogP contribution in [-0.2, 0) is 11.2 Å². The van der Waals surface area contributed by atoms with Crippen LogP contribution in [0.15, 0.2) is 60.7 Å². The van der Waals surface area contributed by atoms with Crippen molar-refractivity contribution < 1.29 is 9.53 Å². The number of hydrogen-bond donors (Lipinski definition) is 1. The summed E-state index contributed by atoms with van der Waals surface area (Å²) in [5.74, 6) is 1.54. The van der Waals surface area contributed by atoms with E-state index in [0.29, 0.717) is 18.3 Å². The van der Waals surface area contributed by atoms with Gasteiger partial charge in [-0.2, -0.15) is 0 Å². The van der Waals surface area contributed by atoms with Crippen molar-refractivity contribution in [2.24, 2.45) is 0 Å². The number of amides is 1. The Morgan fingerprint density at radius 1 is 1.10 bits per heavy atom. The highest BCUT2D eigenvalue weighted by Crippen LogP contribution is 2.30. The van der Waals surface area contributed by atoms with E-state index in [1.165, 1.54) is 24.8 Å². The number of hydrogen-bond acceptors (Lipinski definition) is 4. The van der Waals surface area contributed by atoms with Crippen LogP contribution in [-0.4, -0.2) is 36.6 Å². The van der Waals surface area contributed by atoms with Crippen molar-refractivity contribution in [2.45, 2.75) is 45.1 Å². The van der Waals surface area contributed by atoms with Gasteiger partial charge < -0.3 is 15.0 Å². The molecule has 0 aliphatic carbocycles. The van der Waals surface area contributed by atoms with Crippen LogP contribution in [0.5, 0.6) is 5.75 Å². The Labute approximate surface area is 184 Å². The number of para-hydroxylation sites is 1. The lowest BCUT2D eigenvalue weighted by Gasteiger charge is -2.36. The molecule has 2 heterocycles. The first kappa shape index (κ1) is 21.2. The molecule has 1 aliphatic heterocycles. The summed E-state index contributed by atoms with van der Waals surface area (Å²) in [5, 5.41) is 3.96. The number of fused-ring (bicyclic) bond motifs is 1. The first-order chi connectivity index (χ1) is 15.2. The second-order valence-corrected chi connectivity index (χ2v) is 8.12. The molecule has 0 spiro atoms. The Balaban J connectivity index is 1.40. The number of carbonyl (C=O) groups is 1. The predicted octanol–water partition coefficient (Wildman–Crippen LogP) is 4.74. The molecule has 162 valence electrons. The fourth-order valence-electron chi connectivity index (χ4n) is 4.30. The molecular formula is C26H31N3O2. The van der Waals surface area contributed by atoms with Gasteiger partial charge in [-0.3, -0.25) is 4.79 Å². The highest BCUT2D eigenvalue weighted by molar-refractivity contribution is 5.86. The summed E-state index contributed by atoms with van der Waals surface area (Å²) >= 11 is 0. The number of pyridine rings is 1. The molecule has 1 atom stereocenters. The maximum atomic E-state index is 12.3. The first-order valence-electron chi connectivity index (χ1n) is 11.3. The molecule has 1 unspecified atom stereocenters. The average Bonchev–Trinajstić information content (AvgIpc) is 2.83. The van der Waals surface area contributed by atoms with Crippen molar-refractivity contribution >= 4 is 22.6 Å². The number of piperidine rings is 1. The summed E-state index contributed by atoms with van der Waals surface area (Å²) in [7, 11) is 0. The van der Waals surface area contributed by atoms with Crippen molar-refractivity contribution in [1.29, 1.82) is 0 Å². The van der Waals surface area contributed by atoms with E-state index in [0.717, 1.165) is 36.1 Å². The van der Waals surface area contributed by atoms with Gasteiger partial charge in [0, 0.05) is 24.5 Å². The molecule has 3 aromatic rings. The normalized spacial score (nSPS) is 16.3. The second-order valence-electron chi connectivity index (χ2n) is 8.12. The van der Waals surface area contributed by atoms with Crippen LogP contribution in [0.25, 0.3) is 10.9 Å². The van der Waals surface area contributed by atoms with Crippen LogP contribution in [0, 0.1) is 0 Å². The van der Waals surface area contributed by atoms with Crippen molar-refractivity contribution in [3.63, 3.8) is 0 Å². The largest absolute Gasteiger partial charge is 0.481 e. The topological polar surface area (TPSA) is 54.5 Å². The zero-order chi connectivity index (χ0) is 21.5. The molecule has 1 aromatic heterocycles. The number of nitrogens with one attached hydrogen (secondary N) is 1. The second kappa shape index (κ2) is 10.3. The van der Waals surface area contributed by atoms with Gasteiger partial charge in [0.25, 0.3) is 5.91 Å². The predicted molar refractivity (Wildman–Crippen MR) is 126 cm³/mol. The molecule has 5 nitrogen and oxygen atoms in total. The van der Waals surface area contributed by atoms with Gasteiger partial charge in [-0.15, -0.1) is 0 Å². The minimum atomic E-state index is -0.119. The van der Waals surface area contributed by atoms with Crippen LogP contribution in [0.1, 0.15) is 38.2 Å². The van der Waals surface area contributed by atoms with E-state index in [-0.39, 0.29) is 12.5 Å². The lowest BCUT2D eigenvalue weighted by Crippen LogP contribution is -2.39. The van der Waals surface area contributed by atoms with E-state index in [4.69, 9.17) is 9.72 Å². The van der Waals surface area contributed by atoms with Gasteiger partial charge in [-0.25, -0.2) is 4.98 Å². The summed E-state index contributed by atoms with van der Waals surface area (Å²) in [6, 6.07) is 20.8. The number of aromatic nitrogens is 1. The standard InChI is InChI=1S/C26H31N3O2/c1-2-22-12-6-7-18-29(22)24-15-14-21-11-8-13-23(26(21)28-24)31-19-25(30)27-17-16-20-9-4-3-5-10-20/h3-5,8-11,13-15,22H,2,6-7,12,16-19H2,1H3,(H,27,30). The molecule has 0 saturated carbocycles. The zero-order valence-electron chi connectivity index (χ0n) is 18.2. The molecule has 31 heavy (non-hydrogen) atoms. The van der Waals surface area contributed by atoms with Gasteiger partial charge in [-0.1, -0.05) is 49.4 Å². The molecule has 4 rings (SSSR count). The Morgan fingerprint density at radius 3 is 2.81 bits per heavy atom.